The summed E-state index contributed by atoms with van der Waals surface area (Å²) < 4.78 is 10.6. The van der Waals surface area contributed by atoms with Crippen LogP contribution in [0.1, 0.15) is 46.0 Å². The van der Waals surface area contributed by atoms with E-state index in [-0.39, 0.29) is 11.8 Å². The molecule has 1 saturated heterocycles. The average Bonchev–Trinajstić information content (AvgIpc) is 2.67. The van der Waals surface area contributed by atoms with Gasteiger partial charge in [0.25, 0.3) is 0 Å². The Balaban J connectivity index is 2.11. The molecule has 1 aliphatic rings. The van der Waals surface area contributed by atoms with Crippen molar-refractivity contribution >= 4 is 17.5 Å². The highest BCUT2D eigenvalue weighted by molar-refractivity contribution is 5.94. The Hall–Kier alpha value is -2.24. The molecule has 1 unspecified atom stereocenters. The Morgan fingerprint density at radius 2 is 2.00 bits per heavy atom. The van der Waals surface area contributed by atoms with Crippen molar-refractivity contribution in [1.29, 1.82) is 0 Å². The van der Waals surface area contributed by atoms with Crippen molar-refractivity contribution in [2.45, 2.75) is 52.0 Å². The van der Waals surface area contributed by atoms with Crippen LogP contribution in [0.25, 0.3) is 0 Å². The summed E-state index contributed by atoms with van der Waals surface area (Å²) >= 11 is 0. The summed E-state index contributed by atoms with van der Waals surface area (Å²) in [5.74, 6) is 1.21. The Bertz CT molecular complexity index is 632. The molecule has 2 amide bonds. The largest absolute Gasteiger partial charge is 0.497 e. The maximum atomic E-state index is 12.7. The number of nitrogens with zero attached hydrogens (tertiary/aromatic N) is 2. The quantitative estimate of drug-likeness (QED) is 0.747. The zero-order valence-corrected chi connectivity index (χ0v) is 16.3. The number of likely N-dealkylation sites (tertiary alicyclic amines) is 1. The minimum Gasteiger partial charge on any atom is -0.497 e. The summed E-state index contributed by atoms with van der Waals surface area (Å²) in [6.07, 6.45) is 4.61. The number of hydrogen-bond donors (Lipinski definition) is 0. The lowest BCUT2D eigenvalue weighted by molar-refractivity contribution is -0.134. The molecule has 1 aromatic rings. The summed E-state index contributed by atoms with van der Waals surface area (Å²) in [4.78, 5) is 28.5. The number of carbonyl (C=O) groups excluding carboxylic acids is 2. The van der Waals surface area contributed by atoms with Gasteiger partial charge in [-0.2, -0.15) is 0 Å². The second-order valence-corrected chi connectivity index (χ2v) is 6.60. The topological polar surface area (TPSA) is 59.1 Å². The number of ether oxygens (including phenoxy) is 2. The van der Waals surface area contributed by atoms with Gasteiger partial charge in [0.1, 0.15) is 11.5 Å². The average molecular weight is 362 g/mol. The van der Waals surface area contributed by atoms with Gasteiger partial charge in [-0.15, -0.1) is 0 Å². The standard InChI is InChI=1S/C20H30N2O4/c1-5-16-8-6-7-12-22(16)20(24)11-13-21(15(2)23)18-10-9-17(25-3)14-19(18)26-4/h9-10,14,16H,5-8,11-13H2,1-4H3. The fraction of sp³-hybridized carbons (Fsp3) is 0.600. The van der Waals surface area contributed by atoms with Crippen LogP contribution in [0.3, 0.4) is 0 Å². The van der Waals surface area contributed by atoms with Gasteiger partial charge in [-0.3, -0.25) is 9.59 Å². The highest BCUT2D eigenvalue weighted by Crippen LogP contribution is 2.32. The third kappa shape index (κ3) is 4.68. The lowest BCUT2D eigenvalue weighted by Gasteiger charge is -2.36. The predicted molar refractivity (Wildman–Crippen MR) is 102 cm³/mol. The molecular formula is C20H30N2O4. The molecule has 6 heteroatoms. The van der Waals surface area contributed by atoms with E-state index in [0.717, 1.165) is 25.8 Å². The van der Waals surface area contributed by atoms with E-state index in [2.05, 4.69) is 6.92 Å². The van der Waals surface area contributed by atoms with Gasteiger partial charge in [0.15, 0.2) is 0 Å². The van der Waals surface area contributed by atoms with Crippen molar-refractivity contribution in [1.82, 2.24) is 4.90 Å². The molecule has 2 rings (SSSR count). The van der Waals surface area contributed by atoms with Crippen LogP contribution in [0.15, 0.2) is 18.2 Å². The fourth-order valence-electron chi connectivity index (χ4n) is 3.56. The minimum atomic E-state index is -0.119. The second-order valence-electron chi connectivity index (χ2n) is 6.60. The Kier molecular flexibility index (Phi) is 7.30. The van der Waals surface area contributed by atoms with Gasteiger partial charge in [0, 0.05) is 38.5 Å². The highest BCUT2D eigenvalue weighted by Gasteiger charge is 2.26. The number of carbonyl (C=O) groups is 2. The van der Waals surface area contributed by atoms with Gasteiger partial charge >= 0.3 is 0 Å². The van der Waals surface area contributed by atoms with Crippen molar-refractivity contribution in [2.24, 2.45) is 0 Å². The molecule has 26 heavy (non-hydrogen) atoms. The Morgan fingerprint density at radius 3 is 2.62 bits per heavy atom. The SMILES string of the molecule is CCC1CCCCN1C(=O)CCN(C(C)=O)c1ccc(OC)cc1OC. The first-order chi connectivity index (χ1) is 12.5. The summed E-state index contributed by atoms with van der Waals surface area (Å²) in [5, 5.41) is 0. The van der Waals surface area contributed by atoms with E-state index >= 15 is 0 Å². The van der Waals surface area contributed by atoms with Crippen molar-refractivity contribution in [3.05, 3.63) is 18.2 Å². The third-order valence-electron chi connectivity index (χ3n) is 5.03. The smallest absolute Gasteiger partial charge is 0.224 e. The van der Waals surface area contributed by atoms with Crippen LogP contribution >= 0.6 is 0 Å². The first kappa shape index (κ1) is 20.1. The van der Waals surface area contributed by atoms with E-state index in [0.29, 0.717) is 36.2 Å². The van der Waals surface area contributed by atoms with Crippen molar-refractivity contribution in [3.63, 3.8) is 0 Å². The van der Waals surface area contributed by atoms with Gasteiger partial charge in [0.2, 0.25) is 11.8 Å². The van der Waals surface area contributed by atoms with E-state index in [1.54, 1.807) is 37.3 Å². The molecule has 0 aromatic heterocycles. The molecule has 0 aliphatic carbocycles. The van der Waals surface area contributed by atoms with Crippen LogP contribution in [0.5, 0.6) is 11.5 Å². The molecule has 1 fully saturated rings. The van der Waals surface area contributed by atoms with Crippen molar-refractivity contribution in [3.8, 4) is 11.5 Å². The van der Waals surface area contributed by atoms with Crippen LogP contribution in [0.2, 0.25) is 0 Å². The van der Waals surface area contributed by atoms with Crippen molar-refractivity contribution in [2.75, 3.05) is 32.2 Å². The number of hydrogen-bond acceptors (Lipinski definition) is 4. The molecule has 6 nitrogen and oxygen atoms in total. The first-order valence-corrected chi connectivity index (χ1v) is 9.31. The molecule has 1 aromatic carbocycles. The Morgan fingerprint density at radius 1 is 1.23 bits per heavy atom. The molecule has 0 saturated carbocycles. The van der Waals surface area contributed by atoms with E-state index in [9.17, 15) is 9.59 Å². The van der Waals surface area contributed by atoms with Gasteiger partial charge in [-0.1, -0.05) is 6.92 Å². The van der Waals surface area contributed by atoms with E-state index in [1.165, 1.54) is 13.3 Å². The molecule has 1 aliphatic heterocycles. The first-order valence-electron chi connectivity index (χ1n) is 9.31. The van der Waals surface area contributed by atoms with Gasteiger partial charge in [-0.25, -0.2) is 0 Å². The minimum absolute atomic E-state index is 0.119. The number of rotatable bonds is 7. The molecule has 0 N–H and O–H groups in total. The summed E-state index contributed by atoms with van der Waals surface area (Å²) in [6, 6.07) is 5.65. The molecule has 0 spiro atoms. The Labute approximate surface area is 156 Å². The maximum Gasteiger partial charge on any atom is 0.224 e. The molecular weight excluding hydrogens is 332 g/mol. The lowest BCUT2D eigenvalue weighted by atomic mass is 9.99. The number of piperidine rings is 1. The number of anilines is 1. The summed E-state index contributed by atoms with van der Waals surface area (Å²) in [7, 11) is 3.14. The van der Waals surface area contributed by atoms with Crippen LogP contribution in [0.4, 0.5) is 5.69 Å². The van der Waals surface area contributed by atoms with Gasteiger partial charge < -0.3 is 19.3 Å². The van der Waals surface area contributed by atoms with Crippen LogP contribution in [0, 0.1) is 0 Å². The fourth-order valence-corrected chi connectivity index (χ4v) is 3.56. The molecule has 144 valence electrons. The number of amides is 2. The monoisotopic (exact) mass is 362 g/mol. The second kappa shape index (κ2) is 9.46. The number of benzene rings is 1. The van der Waals surface area contributed by atoms with Crippen LogP contribution in [-0.2, 0) is 9.59 Å². The van der Waals surface area contributed by atoms with Crippen LogP contribution in [-0.4, -0.2) is 50.1 Å². The van der Waals surface area contributed by atoms with Gasteiger partial charge in [-0.05, 0) is 37.8 Å². The maximum absolute atomic E-state index is 12.7. The van der Waals surface area contributed by atoms with Crippen molar-refractivity contribution < 1.29 is 19.1 Å². The van der Waals surface area contributed by atoms with E-state index in [4.69, 9.17) is 9.47 Å². The highest BCUT2D eigenvalue weighted by atomic mass is 16.5. The number of methoxy groups -OCH3 is 2. The molecule has 0 radical (unpaired) electrons. The molecule has 1 atom stereocenters. The molecule has 1 heterocycles. The van der Waals surface area contributed by atoms with E-state index < -0.39 is 0 Å². The zero-order chi connectivity index (χ0) is 19.1. The normalized spacial score (nSPS) is 16.9. The van der Waals surface area contributed by atoms with Crippen LogP contribution < -0.4 is 14.4 Å². The van der Waals surface area contributed by atoms with E-state index in [1.807, 2.05) is 4.90 Å². The van der Waals surface area contributed by atoms with Gasteiger partial charge in [0.05, 0.1) is 19.9 Å². The summed E-state index contributed by atoms with van der Waals surface area (Å²) in [6.45, 7) is 4.79. The zero-order valence-electron chi connectivity index (χ0n) is 16.3. The third-order valence-corrected chi connectivity index (χ3v) is 5.03. The predicted octanol–water partition coefficient (Wildman–Crippen LogP) is 3.24. The summed E-state index contributed by atoms with van der Waals surface area (Å²) in [5.41, 5.74) is 0.652. The lowest BCUT2D eigenvalue weighted by Crippen LogP contribution is -2.44. The molecule has 0 bridgehead atoms.